The van der Waals surface area contributed by atoms with Gasteiger partial charge in [-0.2, -0.15) is 0 Å². The molecule has 0 bridgehead atoms. The molecule has 1 unspecified atom stereocenters. The van der Waals surface area contributed by atoms with Crippen LogP contribution in [0.4, 0.5) is 0 Å². The molecular formula is C28H29NO4. The van der Waals surface area contributed by atoms with Gasteiger partial charge in [0, 0.05) is 19.5 Å². The summed E-state index contributed by atoms with van der Waals surface area (Å²) in [5.74, 6) is 0.370. The maximum Gasteiger partial charge on any atom is 0.335 e. The Bertz CT molecular complexity index is 1110. The highest BCUT2D eigenvalue weighted by molar-refractivity contribution is 5.87. The fourth-order valence-corrected chi connectivity index (χ4v) is 4.49. The van der Waals surface area contributed by atoms with Gasteiger partial charge < -0.3 is 14.7 Å². The molecule has 1 atom stereocenters. The minimum Gasteiger partial charge on any atom is -0.497 e. The van der Waals surface area contributed by atoms with Crippen molar-refractivity contribution in [3.05, 3.63) is 101 Å². The fraction of sp³-hybridized carbons (Fsp3) is 0.286. The molecule has 1 aliphatic carbocycles. The first-order chi connectivity index (χ1) is 16.0. The highest BCUT2D eigenvalue weighted by Crippen LogP contribution is 2.31. The monoisotopic (exact) mass is 443 g/mol. The summed E-state index contributed by atoms with van der Waals surface area (Å²) in [6.07, 6.45) is 3.35. The first kappa shape index (κ1) is 22.6. The molecule has 5 nitrogen and oxygen atoms in total. The molecule has 4 rings (SSSR count). The number of carboxylic acids is 1. The van der Waals surface area contributed by atoms with Crippen LogP contribution in [0.25, 0.3) is 0 Å². The molecule has 0 aliphatic heterocycles. The van der Waals surface area contributed by atoms with Crippen LogP contribution in [0.15, 0.2) is 72.8 Å². The van der Waals surface area contributed by atoms with Gasteiger partial charge in [0.25, 0.3) is 0 Å². The Morgan fingerprint density at radius 1 is 0.939 bits per heavy atom. The van der Waals surface area contributed by atoms with Gasteiger partial charge in [-0.3, -0.25) is 4.79 Å². The fourth-order valence-electron chi connectivity index (χ4n) is 4.49. The summed E-state index contributed by atoms with van der Waals surface area (Å²) >= 11 is 0. The number of ether oxygens (including phenoxy) is 1. The van der Waals surface area contributed by atoms with Crippen molar-refractivity contribution in [1.29, 1.82) is 0 Å². The minimum atomic E-state index is -0.950. The van der Waals surface area contributed by atoms with Crippen LogP contribution in [0, 0.1) is 5.92 Å². The molecule has 0 aromatic heterocycles. The second-order valence-electron chi connectivity index (χ2n) is 8.69. The molecule has 33 heavy (non-hydrogen) atoms. The molecule has 1 aliphatic rings. The van der Waals surface area contributed by atoms with Gasteiger partial charge in [0.05, 0.1) is 12.7 Å². The van der Waals surface area contributed by atoms with Crippen molar-refractivity contribution >= 4 is 11.9 Å². The number of carbonyl (C=O) groups is 2. The van der Waals surface area contributed by atoms with Crippen molar-refractivity contribution in [3.8, 4) is 5.75 Å². The second kappa shape index (κ2) is 10.3. The van der Waals surface area contributed by atoms with Crippen LogP contribution in [-0.4, -0.2) is 29.0 Å². The van der Waals surface area contributed by atoms with Gasteiger partial charge in [-0.1, -0.05) is 48.5 Å². The van der Waals surface area contributed by atoms with Crippen LogP contribution in [0.5, 0.6) is 5.75 Å². The predicted octanol–water partition coefficient (Wildman–Crippen LogP) is 5.12. The molecule has 3 aromatic carbocycles. The van der Waals surface area contributed by atoms with E-state index < -0.39 is 5.97 Å². The molecule has 0 saturated heterocycles. The van der Waals surface area contributed by atoms with E-state index in [1.165, 1.54) is 11.1 Å². The minimum absolute atomic E-state index is 0.128. The van der Waals surface area contributed by atoms with E-state index >= 15 is 0 Å². The standard InChI is InChI=1S/C28H29NO4/c1-33-26-14-13-24-15-22(9-12-25(24)17-26)16-27(30)29(18-20-5-3-2-4-6-20)19-21-7-10-23(11-8-21)28(31)32/h2-8,10-11,13-14,17,22H,9,12,15-16,18-19H2,1H3,(H,31,32). The van der Waals surface area contributed by atoms with E-state index in [1.807, 2.05) is 41.3 Å². The number of benzene rings is 3. The van der Waals surface area contributed by atoms with Gasteiger partial charge in [-0.25, -0.2) is 4.79 Å². The van der Waals surface area contributed by atoms with Crippen molar-refractivity contribution in [2.24, 2.45) is 5.92 Å². The second-order valence-corrected chi connectivity index (χ2v) is 8.69. The number of nitrogens with zero attached hydrogens (tertiary/aromatic N) is 1. The van der Waals surface area contributed by atoms with E-state index in [-0.39, 0.29) is 11.5 Å². The quantitative estimate of drug-likeness (QED) is 0.525. The Labute approximate surface area is 194 Å². The first-order valence-corrected chi connectivity index (χ1v) is 11.3. The lowest BCUT2D eigenvalue weighted by molar-refractivity contribution is -0.133. The summed E-state index contributed by atoms with van der Waals surface area (Å²) in [5, 5.41) is 9.15. The maximum absolute atomic E-state index is 13.4. The van der Waals surface area contributed by atoms with Gasteiger partial charge in [-0.05, 0) is 71.7 Å². The Balaban J connectivity index is 1.47. The van der Waals surface area contributed by atoms with Crippen molar-refractivity contribution in [3.63, 3.8) is 0 Å². The largest absolute Gasteiger partial charge is 0.497 e. The van der Waals surface area contributed by atoms with Crippen LogP contribution in [0.1, 0.15) is 45.5 Å². The lowest BCUT2D eigenvalue weighted by Gasteiger charge is -2.28. The summed E-state index contributed by atoms with van der Waals surface area (Å²) in [6.45, 7) is 0.981. The topological polar surface area (TPSA) is 66.8 Å². The van der Waals surface area contributed by atoms with Gasteiger partial charge in [0.2, 0.25) is 5.91 Å². The molecule has 1 amide bonds. The molecule has 0 radical (unpaired) electrons. The van der Waals surface area contributed by atoms with E-state index in [0.29, 0.717) is 25.4 Å². The van der Waals surface area contributed by atoms with E-state index in [9.17, 15) is 9.59 Å². The molecule has 5 heteroatoms. The maximum atomic E-state index is 13.4. The molecule has 170 valence electrons. The van der Waals surface area contributed by atoms with Crippen molar-refractivity contribution < 1.29 is 19.4 Å². The molecule has 0 spiro atoms. The average Bonchev–Trinajstić information content (AvgIpc) is 2.84. The van der Waals surface area contributed by atoms with Crippen LogP contribution in [0.2, 0.25) is 0 Å². The van der Waals surface area contributed by atoms with E-state index in [1.54, 1.807) is 31.4 Å². The number of aromatic carboxylic acids is 1. The van der Waals surface area contributed by atoms with Crippen LogP contribution in [-0.2, 0) is 30.7 Å². The first-order valence-electron chi connectivity index (χ1n) is 11.3. The Morgan fingerprint density at radius 2 is 1.64 bits per heavy atom. The number of aryl methyl sites for hydroxylation is 1. The number of amides is 1. The molecule has 0 fully saturated rings. The third-order valence-corrected chi connectivity index (χ3v) is 6.35. The Kier molecular flexibility index (Phi) is 7.08. The molecule has 0 saturated carbocycles. The van der Waals surface area contributed by atoms with Gasteiger partial charge in [0.15, 0.2) is 0 Å². The summed E-state index contributed by atoms with van der Waals surface area (Å²) in [6, 6.07) is 23.0. The number of carbonyl (C=O) groups excluding carboxylic acids is 1. The van der Waals surface area contributed by atoms with Gasteiger partial charge in [-0.15, -0.1) is 0 Å². The highest BCUT2D eigenvalue weighted by Gasteiger charge is 2.24. The SMILES string of the molecule is COc1ccc2c(c1)CCC(CC(=O)N(Cc1ccccc1)Cc1ccc(C(=O)O)cc1)C2. The lowest BCUT2D eigenvalue weighted by atomic mass is 9.82. The van der Waals surface area contributed by atoms with Gasteiger partial charge >= 0.3 is 5.97 Å². The number of methoxy groups -OCH3 is 1. The summed E-state index contributed by atoms with van der Waals surface area (Å²) < 4.78 is 5.34. The zero-order chi connectivity index (χ0) is 23.2. The van der Waals surface area contributed by atoms with E-state index in [4.69, 9.17) is 9.84 Å². The summed E-state index contributed by atoms with van der Waals surface area (Å²) in [5.41, 5.74) is 4.87. The third-order valence-electron chi connectivity index (χ3n) is 6.35. The van der Waals surface area contributed by atoms with Gasteiger partial charge in [0.1, 0.15) is 5.75 Å². The van der Waals surface area contributed by atoms with E-state index in [2.05, 4.69) is 12.1 Å². The van der Waals surface area contributed by atoms with Crippen LogP contribution in [0.3, 0.4) is 0 Å². The number of hydrogen-bond donors (Lipinski definition) is 1. The number of fused-ring (bicyclic) bond motifs is 1. The lowest BCUT2D eigenvalue weighted by Crippen LogP contribution is -2.32. The third kappa shape index (κ3) is 5.80. The van der Waals surface area contributed by atoms with Crippen molar-refractivity contribution in [2.45, 2.75) is 38.8 Å². The zero-order valence-corrected chi connectivity index (χ0v) is 18.9. The number of hydrogen-bond acceptors (Lipinski definition) is 3. The smallest absolute Gasteiger partial charge is 0.335 e. The number of carboxylic acid groups (broad SMARTS) is 1. The average molecular weight is 444 g/mol. The Hall–Kier alpha value is -3.60. The summed E-state index contributed by atoms with van der Waals surface area (Å²) in [4.78, 5) is 26.5. The molecule has 1 N–H and O–H groups in total. The molecular weight excluding hydrogens is 414 g/mol. The van der Waals surface area contributed by atoms with Crippen molar-refractivity contribution in [2.75, 3.05) is 7.11 Å². The normalized spacial score (nSPS) is 14.9. The summed E-state index contributed by atoms with van der Waals surface area (Å²) in [7, 11) is 1.68. The van der Waals surface area contributed by atoms with Crippen molar-refractivity contribution in [1.82, 2.24) is 4.90 Å². The van der Waals surface area contributed by atoms with E-state index in [0.717, 1.165) is 36.1 Å². The zero-order valence-electron chi connectivity index (χ0n) is 18.9. The number of rotatable bonds is 8. The Morgan fingerprint density at radius 3 is 2.30 bits per heavy atom. The van der Waals surface area contributed by atoms with Crippen LogP contribution < -0.4 is 4.74 Å². The molecule has 3 aromatic rings. The molecule has 0 heterocycles. The highest BCUT2D eigenvalue weighted by atomic mass is 16.5. The predicted molar refractivity (Wildman–Crippen MR) is 127 cm³/mol. The van der Waals surface area contributed by atoms with Crippen LogP contribution >= 0.6 is 0 Å².